The fourth-order valence-electron chi connectivity index (χ4n) is 4.08. The highest BCUT2D eigenvalue weighted by Gasteiger charge is 2.35. The van der Waals surface area contributed by atoms with Crippen molar-refractivity contribution in [2.24, 2.45) is 0 Å². The van der Waals surface area contributed by atoms with E-state index in [-0.39, 0.29) is 16.6 Å². The molecule has 1 saturated heterocycles. The number of hydrogen-bond donors (Lipinski definition) is 2. The molecular formula is C25H23Br2FN2O4S. The number of ether oxygens (including phenoxy) is 1. The summed E-state index contributed by atoms with van der Waals surface area (Å²) in [5.41, 5.74) is 1.14. The molecule has 0 atom stereocenters. The number of hydrogen-bond acceptors (Lipinski definition) is 4. The van der Waals surface area contributed by atoms with Crippen LogP contribution in [0, 0.1) is 5.82 Å². The molecule has 1 aliphatic rings. The molecule has 1 heterocycles. The zero-order chi connectivity index (χ0) is 25.1. The van der Waals surface area contributed by atoms with Crippen molar-refractivity contribution in [1.82, 2.24) is 5.32 Å². The van der Waals surface area contributed by atoms with Crippen LogP contribution >= 0.6 is 31.9 Å². The smallest absolute Gasteiger partial charge is 0.263 e. The number of nitrogens with one attached hydrogen (secondary N) is 2. The van der Waals surface area contributed by atoms with Crippen LogP contribution in [0.15, 0.2) is 80.6 Å². The molecule has 0 spiro atoms. The van der Waals surface area contributed by atoms with Gasteiger partial charge in [-0.15, -0.1) is 0 Å². The molecule has 184 valence electrons. The number of carbonyl (C=O) groups is 1. The SMILES string of the molecule is O=C(NCC1(c2cccc(F)c2)CCOCC1)c1ccc(NS(=O)(=O)c2cc(Br)ccc2Br)cc1. The lowest BCUT2D eigenvalue weighted by Crippen LogP contribution is -2.44. The normalized spacial score (nSPS) is 15.4. The summed E-state index contributed by atoms with van der Waals surface area (Å²) < 4.78 is 48.6. The first-order valence-electron chi connectivity index (χ1n) is 10.9. The van der Waals surface area contributed by atoms with E-state index in [2.05, 4.69) is 41.9 Å². The Morgan fingerprint density at radius 2 is 1.71 bits per heavy atom. The summed E-state index contributed by atoms with van der Waals surface area (Å²) in [5.74, 6) is -0.607. The van der Waals surface area contributed by atoms with Gasteiger partial charge in [0.25, 0.3) is 15.9 Å². The maximum Gasteiger partial charge on any atom is 0.263 e. The van der Waals surface area contributed by atoms with Crippen molar-refractivity contribution in [2.45, 2.75) is 23.2 Å². The van der Waals surface area contributed by atoms with Gasteiger partial charge in [0, 0.05) is 45.4 Å². The second kappa shape index (κ2) is 10.8. The molecule has 4 rings (SSSR count). The van der Waals surface area contributed by atoms with Gasteiger partial charge in [0.15, 0.2) is 0 Å². The van der Waals surface area contributed by atoms with Crippen LogP contribution in [0.4, 0.5) is 10.1 Å². The zero-order valence-electron chi connectivity index (χ0n) is 18.6. The van der Waals surface area contributed by atoms with Gasteiger partial charge in [0.1, 0.15) is 10.7 Å². The second-order valence-electron chi connectivity index (χ2n) is 8.34. The summed E-state index contributed by atoms with van der Waals surface area (Å²) in [6, 6.07) is 17.5. The van der Waals surface area contributed by atoms with Gasteiger partial charge in [-0.1, -0.05) is 28.1 Å². The average molecular weight is 626 g/mol. The van der Waals surface area contributed by atoms with Crippen molar-refractivity contribution in [2.75, 3.05) is 24.5 Å². The van der Waals surface area contributed by atoms with Crippen molar-refractivity contribution in [3.8, 4) is 0 Å². The van der Waals surface area contributed by atoms with Crippen LogP contribution < -0.4 is 10.0 Å². The molecule has 2 N–H and O–H groups in total. The number of rotatable bonds is 7. The van der Waals surface area contributed by atoms with Crippen LogP contribution in [0.2, 0.25) is 0 Å². The fraction of sp³-hybridized carbons (Fsp3) is 0.240. The first-order chi connectivity index (χ1) is 16.7. The number of carbonyl (C=O) groups excluding carboxylic acids is 1. The van der Waals surface area contributed by atoms with Crippen molar-refractivity contribution in [3.63, 3.8) is 0 Å². The maximum absolute atomic E-state index is 13.9. The van der Waals surface area contributed by atoms with E-state index in [0.29, 0.717) is 52.8 Å². The molecular weight excluding hydrogens is 603 g/mol. The van der Waals surface area contributed by atoms with Crippen molar-refractivity contribution in [1.29, 1.82) is 0 Å². The Hall–Kier alpha value is -2.27. The molecule has 0 bridgehead atoms. The predicted octanol–water partition coefficient (Wildman–Crippen LogP) is 5.63. The number of sulfonamides is 1. The van der Waals surface area contributed by atoms with Gasteiger partial charge in [-0.2, -0.15) is 0 Å². The van der Waals surface area contributed by atoms with Crippen LogP contribution in [0.1, 0.15) is 28.8 Å². The van der Waals surface area contributed by atoms with Gasteiger partial charge in [-0.25, -0.2) is 12.8 Å². The Bertz CT molecular complexity index is 1330. The summed E-state index contributed by atoms with van der Waals surface area (Å²) >= 11 is 6.55. The topological polar surface area (TPSA) is 84.5 Å². The van der Waals surface area contributed by atoms with E-state index in [1.165, 1.54) is 30.3 Å². The van der Waals surface area contributed by atoms with E-state index in [9.17, 15) is 17.6 Å². The number of anilines is 1. The maximum atomic E-state index is 13.9. The second-order valence-corrected chi connectivity index (χ2v) is 11.8. The van der Waals surface area contributed by atoms with E-state index in [4.69, 9.17) is 4.74 Å². The highest BCUT2D eigenvalue weighted by Crippen LogP contribution is 2.35. The van der Waals surface area contributed by atoms with Crippen LogP contribution in [0.3, 0.4) is 0 Å². The lowest BCUT2D eigenvalue weighted by atomic mass is 9.74. The summed E-state index contributed by atoms with van der Waals surface area (Å²) in [6.45, 7) is 1.41. The minimum atomic E-state index is -3.84. The molecule has 0 radical (unpaired) electrons. The van der Waals surface area contributed by atoms with Crippen LogP contribution in [0.25, 0.3) is 0 Å². The first-order valence-corrected chi connectivity index (χ1v) is 14.0. The van der Waals surface area contributed by atoms with E-state index in [1.54, 1.807) is 30.3 Å². The quantitative estimate of drug-likeness (QED) is 0.356. The van der Waals surface area contributed by atoms with Crippen molar-refractivity contribution < 1.29 is 22.3 Å². The van der Waals surface area contributed by atoms with Gasteiger partial charge >= 0.3 is 0 Å². The fourth-order valence-corrected chi connectivity index (χ4v) is 6.64. The van der Waals surface area contributed by atoms with Gasteiger partial charge in [0.2, 0.25) is 0 Å². The summed E-state index contributed by atoms with van der Waals surface area (Å²) in [6.07, 6.45) is 1.34. The molecule has 0 aliphatic carbocycles. The monoisotopic (exact) mass is 624 g/mol. The van der Waals surface area contributed by atoms with Crippen molar-refractivity contribution in [3.05, 3.63) is 92.6 Å². The Morgan fingerprint density at radius 1 is 1.00 bits per heavy atom. The highest BCUT2D eigenvalue weighted by atomic mass is 79.9. The van der Waals surface area contributed by atoms with Gasteiger partial charge in [-0.3, -0.25) is 9.52 Å². The van der Waals surface area contributed by atoms with E-state index in [0.717, 1.165) is 5.56 Å². The zero-order valence-corrected chi connectivity index (χ0v) is 22.6. The molecule has 35 heavy (non-hydrogen) atoms. The number of amides is 1. The third-order valence-corrected chi connectivity index (χ3v) is 8.92. The predicted molar refractivity (Wildman–Crippen MR) is 140 cm³/mol. The minimum absolute atomic E-state index is 0.0906. The standard InChI is InChI=1S/C25H23Br2FN2O4S/c26-19-6-9-22(27)23(15-19)35(32,33)30-21-7-4-17(5-8-21)24(31)29-16-25(10-12-34-13-11-25)18-2-1-3-20(28)14-18/h1-9,14-15,30H,10-13,16H2,(H,29,31). The molecule has 10 heteroatoms. The Balaban J connectivity index is 1.45. The molecule has 0 saturated carbocycles. The van der Waals surface area contributed by atoms with E-state index >= 15 is 0 Å². The van der Waals surface area contributed by atoms with Gasteiger partial charge < -0.3 is 10.1 Å². The molecule has 3 aromatic rings. The Morgan fingerprint density at radius 3 is 2.40 bits per heavy atom. The molecule has 0 unspecified atom stereocenters. The van der Waals surface area contributed by atoms with E-state index in [1.807, 2.05) is 6.07 Å². The average Bonchev–Trinajstić information content (AvgIpc) is 2.85. The lowest BCUT2D eigenvalue weighted by molar-refractivity contribution is 0.0486. The molecule has 1 amide bonds. The molecule has 0 aromatic heterocycles. The summed E-state index contributed by atoms with van der Waals surface area (Å²) in [5, 5.41) is 2.97. The summed E-state index contributed by atoms with van der Waals surface area (Å²) in [4.78, 5) is 13.0. The summed E-state index contributed by atoms with van der Waals surface area (Å²) in [7, 11) is -3.84. The number of benzene rings is 3. The largest absolute Gasteiger partial charge is 0.381 e. The number of halogens is 3. The van der Waals surface area contributed by atoms with Gasteiger partial charge in [0.05, 0.1) is 0 Å². The highest BCUT2D eigenvalue weighted by molar-refractivity contribution is 9.11. The minimum Gasteiger partial charge on any atom is -0.381 e. The van der Waals surface area contributed by atoms with Gasteiger partial charge in [-0.05, 0) is 88.9 Å². The van der Waals surface area contributed by atoms with Crippen LogP contribution in [0.5, 0.6) is 0 Å². The third kappa shape index (κ3) is 6.11. The first kappa shape index (κ1) is 25.8. The Labute approximate surface area is 220 Å². The molecule has 1 aliphatic heterocycles. The molecule has 1 fully saturated rings. The van der Waals surface area contributed by atoms with Crippen LogP contribution in [-0.2, 0) is 20.2 Å². The molecule has 6 nitrogen and oxygen atoms in total. The third-order valence-electron chi connectivity index (χ3n) is 6.06. The van der Waals surface area contributed by atoms with Crippen molar-refractivity contribution >= 4 is 53.5 Å². The lowest BCUT2D eigenvalue weighted by Gasteiger charge is -2.38. The Kier molecular flexibility index (Phi) is 7.95. The van der Waals surface area contributed by atoms with E-state index < -0.39 is 15.4 Å². The van der Waals surface area contributed by atoms with Crippen LogP contribution in [-0.4, -0.2) is 34.1 Å². The molecule has 3 aromatic carbocycles.